The smallest absolute Gasteiger partial charge is 0.253 e. The molecule has 3 fully saturated rings. The van der Waals surface area contributed by atoms with Crippen LogP contribution in [0.2, 0.25) is 0 Å². The predicted molar refractivity (Wildman–Crippen MR) is 98.3 cm³/mol. The quantitative estimate of drug-likeness (QED) is 0.871. The first-order valence-electron chi connectivity index (χ1n) is 9.48. The number of hydrogen-bond donors (Lipinski definition) is 1. The lowest BCUT2D eigenvalue weighted by Gasteiger charge is -2.46. The van der Waals surface area contributed by atoms with Crippen molar-refractivity contribution < 1.29 is 4.79 Å². The number of nitrogens with zero attached hydrogens (tertiary/aromatic N) is 1. The van der Waals surface area contributed by atoms with Crippen LogP contribution in [0.5, 0.6) is 0 Å². The maximum absolute atomic E-state index is 12.9. The summed E-state index contributed by atoms with van der Waals surface area (Å²) < 4.78 is 2.17. The van der Waals surface area contributed by atoms with Gasteiger partial charge in [-0.2, -0.15) is 0 Å². The Kier molecular flexibility index (Phi) is 3.90. The molecule has 3 aliphatic rings. The molecule has 1 aromatic heterocycles. The molecule has 0 aliphatic heterocycles. The Morgan fingerprint density at radius 1 is 1.25 bits per heavy atom. The third-order valence-electron chi connectivity index (χ3n) is 6.49. The van der Waals surface area contributed by atoms with Gasteiger partial charge in [0.25, 0.3) is 5.91 Å². The first-order valence-corrected chi connectivity index (χ1v) is 9.48. The predicted octanol–water partition coefficient (Wildman–Crippen LogP) is 4.67. The average molecular weight is 324 g/mol. The van der Waals surface area contributed by atoms with Gasteiger partial charge in [-0.25, -0.2) is 0 Å². The number of nitrogens with one attached hydrogen (secondary N) is 1. The van der Waals surface area contributed by atoms with E-state index in [1.165, 1.54) is 44.1 Å². The van der Waals surface area contributed by atoms with Crippen LogP contribution in [0, 0.1) is 18.3 Å². The Morgan fingerprint density at radius 3 is 2.62 bits per heavy atom. The van der Waals surface area contributed by atoms with Crippen LogP contribution in [0.25, 0.3) is 10.9 Å². The van der Waals surface area contributed by atoms with Crippen LogP contribution in [0.1, 0.15) is 61.4 Å². The summed E-state index contributed by atoms with van der Waals surface area (Å²) in [7, 11) is 0. The Balaban J connectivity index is 1.56. The number of aryl methyl sites for hydroxylation is 2. The van der Waals surface area contributed by atoms with E-state index in [4.69, 9.17) is 0 Å². The maximum Gasteiger partial charge on any atom is 0.253 e. The molecule has 1 heterocycles. The normalized spacial score (nSPS) is 26.0. The standard InChI is InChI=1S/C21H28N2O/c1-3-23-13-18(17-12-15(2)4-5-19(17)23)20(24)22-14-21-9-6-16(7-10-21)8-11-21/h4-5,12-13,16H,3,6-11,14H2,1-2H3,(H,22,24). The van der Waals surface area contributed by atoms with E-state index in [-0.39, 0.29) is 5.91 Å². The van der Waals surface area contributed by atoms with Crippen LogP contribution < -0.4 is 5.32 Å². The van der Waals surface area contributed by atoms with Crippen molar-refractivity contribution in [1.29, 1.82) is 0 Å². The highest BCUT2D eigenvalue weighted by molar-refractivity contribution is 6.07. The van der Waals surface area contributed by atoms with Gasteiger partial charge in [-0.3, -0.25) is 4.79 Å². The molecule has 1 N–H and O–H groups in total. The van der Waals surface area contributed by atoms with Crippen molar-refractivity contribution in [3.8, 4) is 0 Å². The van der Waals surface area contributed by atoms with Crippen molar-refractivity contribution in [2.75, 3.05) is 6.54 Å². The second kappa shape index (κ2) is 5.94. The van der Waals surface area contributed by atoms with Gasteiger partial charge in [-0.1, -0.05) is 11.6 Å². The Morgan fingerprint density at radius 2 is 1.96 bits per heavy atom. The van der Waals surface area contributed by atoms with Crippen molar-refractivity contribution in [2.45, 2.75) is 58.9 Å². The lowest BCUT2D eigenvalue weighted by molar-refractivity contribution is 0.0598. The van der Waals surface area contributed by atoms with E-state index in [0.717, 1.165) is 35.5 Å². The minimum absolute atomic E-state index is 0.0971. The largest absolute Gasteiger partial charge is 0.351 e. The van der Waals surface area contributed by atoms with Crippen LogP contribution >= 0.6 is 0 Å². The number of rotatable bonds is 4. The second-order valence-corrected chi connectivity index (χ2v) is 8.01. The van der Waals surface area contributed by atoms with Gasteiger partial charge >= 0.3 is 0 Å². The topological polar surface area (TPSA) is 34.0 Å². The highest BCUT2D eigenvalue weighted by Crippen LogP contribution is 2.49. The molecule has 0 spiro atoms. The van der Waals surface area contributed by atoms with Gasteiger partial charge in [0.2, 0.25) is 0 Å². The van der Waals surface area contributed by atoms with Gasteiger partial charge in [0.15, 0.2) is 0 Å². The monoisotopic (exact) mass is 324 g/mol. The van der Waals surface area contributed by atoms with Gasteiger partial charge in [-0.05, 0) is 75.8 Å². The molecule has 1 aromatic carbocycles. The third kappa shape index (κ3) is 2.64. The van der Waals surface area contributed by atoms with Crippen LogP contribution in [0.15, 0.2) is 24.4 Å². The first kappa shape index (κ1) is 15.7. The molecular weight excluding hydrogens is 296 g/mol. The number of aromatic nitrogens is 1. The molecule has 3 nitrogen and oxygen atoms in total. The molecule has 0 saturated heterocycles. The average Bonchev–Trinajstić information content (AvgIpc) is 2.99. The zero-order valence-electron chi connectivity index (χ0n) is 14.9. The molecule has 5 rings (SSSR count). The van der Waals surface area contributed by atoms with Crippen LogP contribution in [-0.2, 0) is 6.54 Å². The summed E-state index contributed by atoms with van der Waals surface area (Å²) in [5.41, 5.74) is 3.57. The molecule has 0 unspecified atom stereocenters. The number of benzene rings is 1. The summed E-state index contributed by atoms with van der Waals surface area (Å²) in [4.78, 5) is 12.9. The minimum Gasteiger partial charge on any atom is -0.351 e. The summed E-state index contributed by atoms with van der Waals surface area (Å²) in [6.45, 7) is 5.95. The number of carbonyl (C=O) groups excluding carboxylic acids is 1. The molecule has 2 aromatic rings. The number of carbonyl (C=O) groups is 1. The highest BCUT2D eigenvalue weighted by Gasteiger charge is 2.40. The van der Waals surface area contributed by atoms with Crippen molar-refractivity contribution in [3.63, 3.8) is 0 Å². The second-order valence-electron chi connectivity index (χ2n) is 8.01. The minimum atomic E-state index is 0.0971. The fraction of sp³-hybridized carbons (Fsp3) is 0.571. The van der Waals surface area contributed by atoms with Gasteiger partial charge in [0.1, 0.15) is 0 Å². The molecule has 3 aliphatic carbocycles. The van der Waals surface area contributed by atoms with E-state index in [9.17, 15) is 4.79 Å². The summed E-state index contributed by atoms with van der Waals surface area (Å²) >= 11 is 0. The number of amides is 1. The highest BCUT2D eigenvalue weighted by atomic mass is 16.1. The van der Waals surface area contributed by atoms with E-state index >= 15 is 0 Å². The lowest BCUT2D eigenvalue weighted by atomic mass is 9.61. The lowest BCUT2D eigenvalue weighted by Crippen LogP contribution is -2.43. The van der Waals surface area contributed by atoms with E-state index < -0.39 is 0 Å². The Bertz CT molecular complexity index is 752. The van der Waals surface area contributed by atoms with Crippen LogP contribution in [-0.4, -0.2) is 17.0 Å². The molecule has 24 heavy (non-hydrogen) atoms. The Hall–Kier alpha value is -1.77. The van der Waals surface area contributed by atoms with E-state index in [0.29, 0.717) is 5.41 Å². The molecule has 3 saturated carbocycles. The van der Waals surface area contributed by atoms with E-state index in [1.54, 1.807) is 0 Å². The zero-order chi connectivity index (χ0) is 16.7. The fourth-order valence-corrected chi connectivity index (χ4v) is 4.82. The van der Waals surface area contributed by atoms with E-state index in [1.807, 2.05) is 6.20 Å². The molecule has 3 heteroatoms. The van der Waals surface area contributed by atoms with Crippen molar-refractivity contribution in [2.24, 2.45) is 11.3 Å². The van der Waals surface area contributed by atoms with Crippen molar-refractivity contribution in [1.82, 2.24) is 9.88 Å². The number of hydrogen-bond acceptors (Lipinski definition) is 1. The summed E-state index contributed by atoms with van der Waals surface area (Å²) in [5, 5.41) is 4.36. The van der Waals surface area contributed by atoms with Gasteiger partial charge in [-0.15, -0.1) is 0 Å². The molecule has 0 radical (unpaired) electrons. The van der Waals surface area contributed by atoms with Crippen molar-refractivity contribution in [3.05, 3.63) is 35.5 Å². The van der Waals surface area contributed by atoms with Crippen molar-refractivity contribution >= 4 is 16.8 Å². The number of fused-ring (bicyclic) bond motifs is 4. The third-order valence-corrected chi connectivity index (χ3v) is 6.49. The van der Waals surface area contributed by atoms with Gasteiger partial charge in [0, 0.05) is 30.2 Å². The molecular formula is C21H28N2O. The van der Waals surface area contributed by atoms with E-state index in [2.05, 4.69) is 41.9 Å². The molecule has 1 amide bonds. The van der Waals surface area contributed by atoms with Gasteiger partial charge in [0.05, 0.1) is 5.56 Å². The first-order chi connectivity index (χ1) is 11.6. The Labute approximate surface area is 144 Å². The fourth-order valence-electron chi connectivity index (χ4n) is 4.82. The summed E-state index contributed by atoms with van der Waals surface area (Å²) in [6, 6.07) is 6.39. The van der Waals surface area contributed by atoms with Crippen LogP contribution in [0.4, 0.5) is 0 Å². The van der Waals surface area contributed by atoms with Gasteiger partial charge < -0.3 is 9.88 Å². The zero-order valence-corrected chi connectivity index (χ0v) is 14.9. The molecule has 0 atom stereocenters. The summed E-state index contributed by atoms with van der Waals surface area (Å²) in [6.07, 6.45) is 10.0. The maximum atomic E-state index is 12.9. The van der Waals surface area contributed by atoms with Crippen LogP contribution in [0.3, 0.4) is 0 Å². The SMILES string of the molecule is CCn1cc(C(=O)NCC23CCC(CC2)CC3)c2cc(C)ccc21. The molecule has 128 valence electrons. The molecule has 2 bridgehead atoms. The summed E-state index contributed by atoms with van der Waals surface area (Å²) in [5.74, 6) is 1.06.